The van der Waals surface area contributed by atoms with Crippen LogP contribution in [0.5, 0.6) is 0 Å². The highest BCUT2D eigenvalue weighted by Crippen LogP contribution is 2.20. The number of carbonyl (C=O) groups is 1. The topological polar surface area (TPSA) is 82.8 Å². The van der Waals surface area contributed by atoms with Crippen LogP contribution in [0.25, 0.3) is 11.3 Å². The van der Waals surface area contributed by atoms with E-state index < -0.39 is 0 Å². The molecule has 1 aliphatic rings. The lowest BCUT2D eigenvalue weighted by Crippen LogP contribution is -2.40. The molecule has 1 saturated heterocycles. The molecule has 0 aliphatic carbocycles. The van der Waals surface area contributed by atoms with Crippen LogP contribution in [0, 0.1) is 5.92 Å². The standard InChI is InChI=1S/C25H29N5O2/c1-26-25(29-17-23-27-16-22(32-23)21-10-6-3-7-11-21)28-15-20-14-24(31)30(18-20)13-12-19-8-4-2-5-9-19/h2-11,16,20H,12-15,17-18H2,1H3,(H2,26,28,29). The van der Waals surface area contributed by atoms with Gasteiger partial charge in [0, 0.05) is 44.6 Å². The van der Waals surface area contributed by atoms with Gasteiger partial charge in [-0.05, 0) is 12.0 Å². The van der Waals surface area contributed by atoms with Gasteiger partial charge < -0.3 is 20.0 Å². The minimum Gasteiger partial charge on any atom is -0.439 e. The highest BCUT2D eigenvalue weighted by molar-refractivity contribution is 5.80. The fourth-order valence-corrected chi connectivity index (χ4v) is 3.86. The second-order valence-electron chi connectivity index (χ2n) is 7.94. The summed E-state index contributed by atoms with van der Waals surface area (Å²) in [4.78, 5) is 23.0. The fraction of sp³-hybridized carbons (Fsp3) is 0.320. The average molecular weight is 432 g/mol. The zero-order valence-electron chi connectivity index (χ0n) is 18.3. The molecule has 7 heteroatoms. The number of rotatable bonds is 8. The van der Waals surface area contributed by atoms with E-state index in [4.69, 9.17) is 4.42 Å². The maximum Gasteiger partial charge on any atom is 0.223 e. The van der Waals surface area contributed by atoms with Crippen molar-refractivity contribution in [1.29, 1.82) is 0 Å². The number of nitrogens with one attached hydrogen (secondary N) is 2. The third-order valence-corrected chi connectivity index (χ3v) is 5.61. The molecule has 3 aromatic rings. The molecule has 0 radical (unpaired) electrons. The van der Waals surface area contributed by atoms with Gasteiger partial charge in [0.15, 0.2) is 11.7 Å². The molecule has 2 N–H and O–H groups in total. The van der Waals surface area contributed by atoms with Gasteiger partial charge >= 0.3 is 0 Å². The van der Waals surface area contributed by atoms with E-state index in [1.54, 1.807) is 13.2 Å². The van der Waals surface area contributed by atoms with Crippen LogP contribution in [0.1, 0.15) is 17.9 Å². The highest BCUT2D eigenvalue weighted by atomic mass is 16.4. The second-order valence-corrected chi connectivity index (χ2v) is 7.94. The minimum absolute atomic E-state index is 0.226. The first kappa shape index (κ1) is 21.6. The summed E-state index contributed by atoms with van der Waals surface area (Å²) >= 11 is 0. The number of oxazole rings is 1. The molecule has 1 aromatic heterocycles. The van der Waals surface area contributed by atoms with Gasteiger partial charge in [0.05, 0.1) is 12.7 Å². The number of carbonyl (C=O) groups excluding carboxylic acids is 1. The van der Waals surface area contributed by atoms with Crippen molar-refractivity contribution >= 4 is 11.9 Å². The summed E-state index contributed by atoms with van der Waals surface area (Å²) in [6, 6.07) is 20.2. The van der Waals surface area contributed by atoms with E-state index in [2.05, 4.69) is 32.7 Å². The number of aromatic nitrogens is 1. The molecule has 0 spiro atoms. The van der Waals surface area contributed by atoms with E-state index in [9.17, 15) is 4.79 Å². The summed E-state index contributed by atoms with van der Waals surface area (Å²) < 4.78 is 5.83. The average Bonchev–Trinajstić information content (AvgIpc) is 3.45. The first-order chi connectivity index (χ1) is 15.7. The van der Waals surface area contributed by atoms with Crippen LogP contribution in [0.4, 0.5) is 0 Å². The summed E-state index contributed by atoms with van der Waals surface area (Å²) in [5, 5.41) is 6.55. The van der Waals surface area contributed by atoms with E-state index >= 15 is 0 Å². The zero-order valence-corrected chi connectivity index (χ0v) is 18.3. The first-order valence-corrected chi connectivity index (χ1v) is 11.0. The molecule has 1 amide bonds. The van der Waals surface area contributed by atoms with Gasteiger partial charge in [-0.3, -0.25) is 9.79 Å². The van der Waals surface area contributed by atoms with E-state index in [1.165, 1.54) is 5.56 Å². The highest BCUT2D eigenvalue weighted by Gasteiger charge is 2.29. The Hall–Kier alpha value is -3.61. The van der Waals surface area contributed by atoms with Crippen LogP contribution in [0.2, 0.25) is 0 Å². The Morgan fingerprint density at radius 2 is 1.88 bits per heavy atom. The fourth-order valence-electron chi connectivity index (χ4n) is 3.86. The predicted octanol–water partition coefficient (Wildman–Crippen LogP) is 3.10. The van der Waals surface area contributed by atoms with Crippen LogP contribution in [-0.2, 0) is 17.8 Å². The molecule has 166 valence electrons. The lowest BCUT2D eigenvalue weighted by Gasteiger charge is -2.17. The smallest absolute Gasteiger partial charge is 0.223 e. The molecule has 1 aliphatic heterocycles. The molecule has 7 nitrogen and oxygen atoms in total. The van der Waals surface area contributed by atoms with Crippen LogP contribution < -0.4 is 10.6 Å². The van der Waals surface area contributed by atoms with Crippen molar-refractivity contribution in [2.24, 2.45) is 10.9 Å². The predicted molar refractivity (Wildman–Crippen MR) is 125 cm³/mol. The number of hydrogen-bond acceptors (Lipinski definition) is 4. The first-order valence-electron chi connectivity index (χ1n) is 11.0. The van der Waals surface area contributed by atoms with Crippen molar-refractivity contribution in [2.45, 2.75) is 19.4 Å². The van der Waals surface area contributed by atoms with Gasteiger partial charge in [-0.1, -0.05) is 60.7 Å². The van der Waals surface area contributed by atoms with Crippen LogP contribution in [0.3, 0.4) is 0 Å². The van der Waals surface area contributed by atoms with Crippen LogP contribution in [-0.4, -0.2) is 48.4 Å². The summed E-state index contributed by atoms with van der Waals surface area (Å²) in [5.41, 5.74) is 2.25. The summed E-state index contributed by atoms with van der Waals surface area (Å²) in [6.07, 6.45) is 3.19. The Labute approximate surface area is 188 Å². The van der Waals surface area contributed by atoms with Gasteiger partial charge in [-0.2, -0.15) is 0 Å². The zero-order chi connectivity index (χ0) is 22.2. The van der Waals surface area contributed by atoms with E-state index in [0.29, 0.717) is 31.4 Å². The van der Waals surface area contributed by atoms with Crippen LogP contribution >= 0.6 is 0 Å². The molecule has 2 heterocycles. The maximum atomic E-state index is 12.4. The quantitative estimate of drug-likeness (QED) is 0.423. The summed E-state index contributed by atoms with van der Waals surface area (Å²) in [6.45, 7) is 2.66. The molecule has 1 unspecified atom stereocenters. The molecule has 4 rings (SSSR count). The van der Waals surface area contributed by atoms with Gasteiger partial charge in [-0.25, -0.2) is 4.98 Å². The monoisotopic (exact) mass is 431 g/mol. The Bertz CT molecular complexity index is 1030. The lowest BCUT2D eigenvalue weighted by atomic mass is 10.1. The Morgan fingerprint density at radius 1 is 1.12 bits per heavy atom. The second kappa shape index (κ2) is 10.6. The number of benzene rings is 2. The molecular formula is C25H29N5O2. The van der Waals surface area contributed by atoms with E-state index in [1.807, 2.05) is 53.4 Å². The molecule has 0 bridgehead atoms. The maximum absolute atomic E-state index is 12.4. The van der Waals surface area contributed by atoms with Crippen molar-refractivity contribution < 1.29 is 9.21 Å². The van der Waals surface area contributed by atoms with Gasteiger partial charge in [-0.15, -0.1) is 0 Å². The normalized spacial score (nSPS) is 16.4. The van der Waals surface area contributed by atoms with Gasteiger partial charge in [0.1, 0.15) is 0 Å². The molecule has 0 saturated carbocycles. The molecule has 32 heavy (non-hydrogen) atoms. The van der Waals surface area contributed by atoms with Crippen molar-refractivity contribution in [3.05, 3.63) is 78.3 Å². The Morgan fingerprint density at radius 3 is 2.62 bits per heavy atom. The van der Waals surface area contributed by atoms with Crippen LogP contribution in [0.15, 0.2) is 76.3 Å². The minimum atomic E-state index is 0.226. The number of aliphatic imine (C=N–C) groups is 1. The van der Waals surface area contributed by atoms with Crippen molar-refractivity contribution in [2.75, 3.05) is 26.7 Å². The van der Waals surface area contributed by atoms with Crippen molar-refractivity contribution in [1.82, 2.24) is 20.5 Å². The van der Waals surface area contributed by atoms with Crippen molar-refractivity contribution in [3.63, 3.8) is 0 Å². The largest absolute Gasteiger partial charge is 0.439 e. The van der Waals surface area contributed by atoms with Gasteiger partial charge in [0.25, 0.3) is 0 Å². The lowest BCUT2D eigenvalue weighted by molar-refractivity contribution is -0.127. The molecule has 2 aromatic carbocycles. The van der Waals surface area contributed by atoms with E-state index in [-0.39, 0.29) is 11.8 Å². The number of guanidine groups is 1. The Balaban J connectivity index is 1.21. The van der Waals surface area contributed by atoms with Crippen molar-refractivity contribution in [3.8, 4) is 11.3 Å². The van der Waals surface area contributed by atoms with Gasteiger partial charge in [0.2, 0.25) is 11.8 Å². The third kappa shape index (κ3) is 5.75. The number of nitrogens with zero attached hydrogens (tertiary/aromatic N) is 3. The molecule has 1 fully saturated rings. The summed E-state index contributed by atoms with van der Waals surface area (Å²) in [5.74, 6) is 2.49. The molecule has 1 atom stereocenters. The SMILES string of the molecule is CN=C(NCc1ncc(-c2ccccc2)o1)NCC1CC(=O)N(CCc2ccccc2)C1. The summed E-state index contributed by atoms with van der Waals surface area (Å²) in [7, 11) is 1.73. The number of amides is 1. The number of hydrogen-bond donors (Lipinski definition) is 2. The third-order valence-electron chi connectivity index (χ3n) is 5.61. The Kier molecular flexibility index (Phi) is 7.17. The molecular weight excluding hydrogens is 402 g/mol. The number of likely N-dealkylation sites (tertiary alicyclic amines) is 1. The van der Waals surface area contributed by atoms with E-state index in [0.717, 1.165) is 30.8 Å².